The average molecular weight is 357 g/mol. The summed E-state index contributed by atoms with van der Waals surface area (Å²) in [5.41, 5.74) is -0.0851. The number of rotatable bonds is 3. The van der Waals surface area contributed by atoms with Crippen LogP contribution in [0.3, 0.4) is 0 Å². The van der Waals surface area contributed by atoms with Gasteiger partial charge >= 0.3 is 5.88 Å². The van der Waals surface area contributed by atoms with Gasteiger partial charge in [-0.05, 0) is 36.0 Å². The van der Waals surface area contributed by atoms with Crippen molar-refractivity contribution >= 4 is 45.7 Å². The van der Waals surface area contributed by atoms with E-state index < -0.39 is 16.7 Å². The van der Waals surface area contributed by atoms with E-state index in [-0.39, 0.29) is 22.3 Å². The first-order valence-corrected chi connectivity index (χ1v) is 7.63. The first-order valence-electron chi connectivity index (χ1n) is 6.81. The molecule has 0 bridgehead atoms. The van der Waals surface area contributed by atoms with Gasteiger partial charge in [0, 0.05) is 0 Å². The average Bonchev–Trinajstić information content (AvgIpc) is 3.30. The summed E-state index contributed by atoms with van der Waals surface area (Å²) in [6.07, 6.45) is 2.71. The first-order chi connectivity index (χ1) is 12.0. The highest BCUT2D eigenvalue weighted by molar-refractivity contribution is 8.27. The van der Waals surface area contributed by atoms with Crippen LogP contribution in [0.2, 0.25) is 0 Å². The lowest BCUT2D eigenvalue weighted by molar-refractivity contribution is -0.402. The molecule has 2 aliphatic rings. The molecular weight excluding hydrogens is 350 g/mol. The highest BCUT2D eigenvalue weighted by atomic mass is 32.2. The van der Waals surface area contributed by atoms with Crippen LogP contribution in [0.4, 0.5) is 5.88 Å². The second kappa shape index (κ2) is 5.56. The second-order valence-corrected chi connectivity index (χ2v) is 5.79. The predicted octanol–water partition coefficient (Wildman–Crippen LogP) is 2.45. The van der Waals surface area contributed by atoms with Crippen LogP contribution in [-0.2, 0) is 4.79 Å². The number of carbonyl (C=O) groups excluding carboxylic acids is 1. The summed E-state index contributed by atoms with van der Waals surface area (Å²) in [4.78, 5) is 26.1. The maximum absolute atomic E-state index is 12.2. The molecule has 0 aliphatic carbocycles. The van der Waals surface area contributed by atoms with Crippen molar-refractivity contribution in [2.45, 2.75) is 0 Å². The second-order valence-electron chi connectivity index (χ2n) is 4.84. The molecule has 0 unspecified atom stereocenters. The molecule has 0 aromatic carbocycles. The Morgan fingerprint density at radius 3 is 2.88 bits per heavy atom. The van der Waals surface area contributed by atoms with E-state index in [4.69, 9.17) is 14.2 Å². The zero-order valence-electron chi connectivity index (χ0n) is 12.2. The van der Waals surface area contributed by atoms with E-state index in [0.717, 1.165) is 17.8 Å². The fourth-order valence-electron chi connectivity index (χ4n) is 2.15. The Bertz CT molecular complexity index is 1000. The molecule has 2 aromatic rings. The Morgan fingerprint density at radius 1 is 1.36 bits per heavy atom. The number of nitrogens with zero attached hydrogens (tertiary/aromatic N) is 4. The number of nitrogens with one attached hydrogen (secondary N) is 1. The Morgan fingerprint density at radius 2 is 2.20 bits per heavy atom. The number of furan rings is 2. The van der Waals surface area contributed by atoms with Crippen molar-refractivity contribution in [3.05, 3.63) is 57.7 Å². The zero-order chi connectivity index (χ0) is 17.6. The van der Waals surface area contributed by atoms with Gasteiger partial charge in [0.15, 0.2) is 16.6 Å². The van der Waals surface area contributed by atoms with Crippen molar-refractivity contribution < 1.29 is 18.6 Å². The molecule has 11 heteroatoms. The van der Waals surface area contributed by atoms with Crippen LogP contribution in [0.5, 0.6) is 0 Å². The number of amides is 1. The molecule has 0 spiro atoms. The van der Waals surface area contributed by atoms with Crippen LogP contribution in [-0.4, -0.2) is 31.9 Å². The Hall–Kier alpha value is -3.47. The third kappa shape index (κ3) is 2.55. The van der Waals surface area contributed by atoms with Crippen LogP contribution < -0.4 is 0 Å². The van der Waals surface area contributed by atoms with E-state index in [1.165, 1.54) is 23.4 Å². The fraction of sp³-hybridized carbons (Fsp3) is 0. The number of carbonyl (C=O) groups is 1. The molecule has 1 amide bonds. The van der Waals surface area contributed by atoms with Gasteiger partial charge in [-0.15, -0.1) is 0 Å². The summed E-state index contributed by atoms with van der Waals surface area (Å²) in [6, 6.07) is 5.90. The minimum absolute atomic E-state index is 0.0699. The van der Waals surface area contributed by atoms with E-state index in [2.05, 4.69) is 10.1 Å². The highest BCUT2D eigenvalue weighted by Crippen LogP contribution is 2.31. The van der Waals surface area contributed by atoms with Crippen molar-refractivity contribution in [1.82, 2.24) is 5.01 Å². The van der Waals surface area contributed by atoms with Crippen LogP contribution >= 0.6 is 11.8 Å². The summed E-state index contributed by atoms with van der Waals surface area (Å²) < 4.78 is 10.2. The molecule has 25 heavy (non-hydrogen) atoms. The van der Waals surface area contributed by atoms with Crippen molar-refractivity contribution in [2.75, 3.05) is 0 Å². The Kier molecular flexibility index (Phi) is 3.35. The Labute approximate surface area is 143 Å². The quantitative estimate of drug-likeness (QED) is 0.505. The summed E-state index contributed by atoms with van der Waals surface area (Å²) in [5.74, 6) is -0.752. The van der Waals surface area contributed by atoms with E-state index >= 15 is 0 Å². The standard InChI is InChI=1S/C14H7N5O5S/c15-11-8(6-7-3-4-10(24-7)19(21)22)12(20)16-14-18(11)17-13(25-14)9-2-1-5-23-9/h1-6,15H. The van der Waals surface area contributed by atoms with Gasteiger partial charge < -0.3 is 8.83 Å². The monoisotopic (exact) mass is 357 g/mol. The first kappa shape index (κ1) is 15.1. The minimum Gasteiger partial charge on any atom is -0.462 e. The third-order valence-corrected chi connectivity index (χ3v) is 4.19. The van der Waals surface area contributed by atoms with Crippen molar-refractivity contribution in [1.29, 1.82) is 5.41 Å². The van der Waals surface area contributed by atoms with Gasteiger partial charge in [0.05, 0.1) is 17.9 Å². The molecule has 10 nitrogen and oxygen atoms in total. The van der Waals surface area contributed by atoms with E-state index in [9.17, 15) is 14.9 Å². The topological polar surface area (TPSA) is 138 Å². The molecule has 0 saturated heterocycles. The number of aliphatic imine (C=N–C) groups is 1. The Balaban J connectivity index is 1.68. The van der Waals surface area contributed by atoms with Crippen LogP contribution in [0, 0.1) is 15.5 Å². The molecule has 4 rings (SSSR count). The zero-order valence-corrected chi connectivity index (χ0v) is 13.0. The van der Waals surface area contributed by atoms with Crippen molar-refractivity contribution in [3.63, 3.8) is 0 Å². The SMILES string of the molecule is N=C1C(=Cc2ccc([N+](=O)[O-])o2)C(=O)N=C2SC(c3ccco3)=NN12. The molecule has 4 heterocycles. The van der Waals surface area contributed by atoms with Gasteiger partial charge in [-0.2, -0.15) is 15.1 Å². The molecule has 0 saturated carbocycles. The van der Waals surface area contributed by atoms with Crippen LogP contribution in [0.25, 0.3) is 6.08 Å². The van der Waals surface area contributed by atoms with Gasteiger partial charge in [-0.1, -0.05) is 0 Å². The summed E-state index contributed by atoms with van der Waals surface area (Å²) in [7, 11) is 0. The number of fused-ring (bicyclic) bond motifs is 1. The van der Waals surface area contributed by atoms with Crippen LogP contribution in [0.1, 0.15) is 11.5 Å². The number of hydrazone groups is 1. The lowest BCUT2D eigenvalue weighted by Crippen LogP contribution is -2.35. The summed E-state index contributed by atoms with van der Waals surface area (Å²) in [5, 5.41) is 25.0. The number of amidine groups is 2. The summed E-state index contributed by atoms with van der Waals surface area (Å²) >= 11 is 1.11. The molecule has 124 valence electrons. The molecule has 1 N–H and O–H groups in total. The van der Waals surface area contributed by atoms with E-state index in [1.54, 1.807) is 12.1 Å². The van der Waals surface area contributed by atoms with Gasteiger partial charge in [0.1, 0.15) is 10.7 Å². The van der Waals surface area contributed by atoms with E-state index in [0.29, 0.717) is 10.8 Å². The third-order valence-electron chi connectivity index (χ3n) is 3.27. The number of hydrogen-bond acceptors (Lipinski definition) is 8. The lowest BCUT2D eigenvalue weighted by atomic mass is 10.1. The predicted molar refractivity (Wildman–Crippen MR) is 88.2 cm³/mol. The van der Waals surface area contributed by atoms with Gasteiger partial charge in [-0.25, -0.2) is 0 Å². The number of nitro groups is 1. The maximum atomic E-state index is 12.2. The fourth-order valence-corrected chi connectivity index (χ4v) is 3.01. The van der Waals surface area contributed by atoms with Gasteiger partial charge in [0.2, 0.25) is 5.17 Å². The normalized spacial score (nSPS) is 18.4. The molecule has 2 aliphatic heterocycles. The molecular formula is C14H7N5O5S. The van der Waals surface area contributed by atoms with Crippen molar-refractivity contribution in [2.24, 2.45) is 10.1 Å². The maximum Gasteiger partial charge on any atom is 0.433 e. The number of thioether (sulfide) groups is 1. The van der Waals surface area contributed by atoms with E-state index in [1.807, 2.05) is 0 Å². The van der Waals surface area contributed by atoms with Crippen molar-refractivity contribution in [3.8, 4) is 0 Å². The number of hydrogen-bond donors (Lipinski definition) is 1. The molecule has 0 fully saturated rings. The molecule has 0 radical (unpaired) electrons. The minimum atomic E-state index is -0.691. The largest absolute Gasteiger partial charge is 0.462 e. The highest BCUT2D eigenvalue weighted by Gasteiger charge is 2.37. The molecule has 0 atom stereocenters. The smallest absolute Gasteiger partial charge is 0.433 e. The van der Waals surface area contributed by atoms with Gasteiger partial charge in [0.25, 0.3) is 5.91 Å². The van der Waals surface area contributed by atoms with Gasteiger partial charge in [-0.3, -0.25) is 20.3 Å². The molecule has 2 aromatic heterocycles. The lowest BCUT2D eigenvalue weighted by Gasteiger charge is -2.19. The summed E-state index contributed by atoms with van der Waals surface area (Å²) in [6.45, 7) is 0. The van der Waals surface area contributed by atoms with Crippen LogP contribution in [0.15, 0.2) is 55.0 Å².